The van der Waals surface area contributed by atoms with Gasteiger partial charge >= 0.3 is 0 Å². The number of aromatic nitrogens is 1. The van der Waals surface area contributed by atoms with Crippen LogP contribution in [0.15, 0.2) is 65.2 Å². The van der Waals surface area contributed by atoms with Crippen LogP contribution in [0.2, 0.25) is 0 Å². The summed E-state index contributed by atoms with van der Waals surface area (Å²) in [6, 6.07) is 14.4. The molecular formula is C19H14FNO3. The van der Waals surface area contributed by atoms with Crippen LogP contribution in [-0.4, -0.2) is 16.6 Å². The molecule has 4 nitrogen and oxygen atoms in total. The van der Waals surface area contributed by atoms with E-state index in [0.29, 0.717) is 17.9 Å². The predicted octanol–water partition coefficient (Wildman–Crippen LogP) is 3.40. The van der Waals surface area contributed by atoms with E-state index in [1.54, 1.807) is 36.4 Å². The Labute approximate surface area is 138 Å². The molecule has 0 amide bonds. The molecule has 0 saturated carbocycles. The number of benzene rings is 1. The van der Waals surface area contributed by atoms with Crippen molar-refractivity contribution in [1.82, 2.24) is 4.98 Å². The maximum absolute atomic E-state index is 12.9. The number of ketones is 2. The lowest BCUT2D eigenvalue weighted by Gasteiger charge is -1.99. The topological polar surface area (TPSA) is 60.2 Å². The minimum Gasteiger partial charge on any atom is -0.465 e. The van der Waals surface area contributed by atoms with Crippen LogP contribution < -0.4 is 0 Å². The van der Waals surface area contributed by atoms with Crippen molar-refractivity contribution in [2.75, 3.05) is 0 Å². The minimum atomic E-state index is -0.632. The minimum absolute atomic E-state index is 0.112. The van der Waals surface area contributed by atoms with E-state index >= 15 is 0 Å². The number of hydrogen-bond acceptors (Lipinski definition) is 4. The Morgan fingerprint density at radius 1 is 0.958 bits per heavy atom. The molecule has 0 aliphatic heterocycles. The Morgan fingerprint density at radius 2 is 1.71 bits per heavy atom. The second-order valence-electron chi connectivity index (χ2n) is 5.32. The van der Waals surface area contributed by atoms with Crippen molar-refractivity contribution in [2.45, 2.75) is 12.8 Å². The summed E-state index contributed by atoms with van der Waals surface area (Å²) in [5.41, 5.74) is 1.02. The number of hydrogen-bond donors (Lipinski definition) is 0. The van der Waals surface area contributed by atoms with E-state index in [0.717, 1.165) is 5.56 Å². The highest BCUT2D eigenvalue weighted by Crippen LogP contribution is 2.15. The van der Waals surface area contributed by atoms with Gasteiger partial charge in [0, 0.05) is 12.6 Å². The molecule has 3 rings (SSSR count). The summed E-state index contributed by atoms with van der Waals surface area (Å²) >= 11 is 0. The molecule has 0 saturated heterocycles. The van der Waals surface area contributed by atoms with Crippen molar-refractivity contribution in [3.63, 3.8) is 0 Å². The van der Waals surface area contributed by atoms with Crippen LogP contribution in [0.4, 0.5) is 4.39 Å². The van der Waals surface area contributed by atoms with Crippen molar-refractivity contribution in [3.05, 3.63) is 89.4 Å². The molecule has 1 aromatic carbocycles. The summed E-state index contributed by atoms with van der Waals surface area (Å²) in [6.45, 7) is 0. The summed E-state index contributed by atoms with van der Waals surface area (Å²) in [4.78, 5) is 27.9. The normalized spacial score (nSPS) is 10.5. The summed E-state index contributed by atoms with van der Waals surface area (Å²) in [5, 5.41) is 0. The summed E-state index contributed by atoms with van der Waals surface area (Å²) in [6.07, 6.45) is 1.84. The van der Waals surface area contributed by atoms with E-state index in [2.05, 4.69) is 4.98 Å². The standard InChI is InChI=1S/C19H14FNO3/c20-14-6-4-13(5-7-14)11-15-8-9-16(24-15)12-18(22)19(23)17-3-1-2-10-21-17/h1-10H,11-12H2. The molecule has 2 heterocycles. The highest BCUT2D eigenvalue weighted by Gasteiger charge is 2.19. The summed E-state index contributed by atoms with van der Waals surface area (Å²) < 4.78 is 18.5. The smallest absolute Gasteiger partial charge is 0.247 e. The van der Waals surface area contributed by atoms with Gasteiger partial charge in [0.1, 0.15) is 23.0 Å². The quantitative estimate of drug-likeness (QED) is 0.515. The van der Waals surface area contributed by atoms with Crippen LogP contribution in [0.5, 0.6) is 0 Å². The number of carbonyl (C=O) groups excluding carboxylic acids is 2. The molecule has 2 aromatic heterocycles. The van der Waals surface area contributed by atoms with Gasteiger partial charge in [0.05, 0.1) is 6.42 Å². The highest BCUT2D eigenvalue weighted by atomic mass is 19.1. The van der Waals surface area contributed by atoms with Crippen LogP contribution >= 0.6 is 0 Å². The molecule has 0 fully saturated rings. The third-order valence-corrected chi connectivity index (χ3v) is 3.49. The lowest BCUT2D eigenvalue weighted by molar-refractivity contribution is -0.114. The van der Waals surface area contributed by atoms with E-state index < -0.39 is 11.6 Å². The van der Waals surface area contributed by atoms with Crippen LogP contribution in [-0.2, 0) is 17.6 Å². The van der Waals surface area contributed by atoms with Gasteiger partial charge in [0.15, 0.2) is 0 Å². The van der Waals surface area contributed by atoms with Crippen LogP contribution in [0.25, 0.3) is 0 Å². The molecule has 0 bridgehead atoms. The molecule has 0 spiro atoms. The molecule has 0 radical (unpaired) electrons. The predicted molar refractivity (Wildman–Crippen MR) is 85.2 cm³/mol. The fraction of sp³-hybridized carbons (Fsp3) is 0.105. The zero-order valence-electron chi connectivity index (χ0n) is 12.7. The lowest BCUT2D eigenvalue weighted by Crippen LogP contribution is -2.17. The van der Waals surface area contributed by atoms with Crippen LogP contribution in [0.1, 0.15) is 27.6 Å². The molecule has 0 aliphatic rings. The first kappa shape index (κ1) is 15.8. The highest BCUT2D eigenvalue weighted by molar-refractivity contribution is 6.43. The maximum atomic E-state index is 12.9. The lowest BCUT2D eigenvalue weighted by atomic mass is 10.1. The van der Waals surface area contributed by atoms with Gasteiger partial charge < -0.3 is 4.42 Å². The Bertz CT molecular complexity index is 854. The van der Waals surface area contributed by atoms with Crippen molar-refractivity contribution in [2.24, 2.45) is 0 Å². The number of rotatable bonds is 6. The molecule has 0 unspecified atom stereocenters. The van der Waals surface area contributed by atoms with Crippen molar-refractivity contribution in [1.29, 1.82) is 0 Å². The summed E-state index contributed by atoms with van der Waals surface area (Å²) in [7, 11) is 0. The van der Waals surface area contributed by atoms with Gasteiger partial charge in [-0.2, -0.15) is 0 Å². The van der Waals surface area contributed by atoms with Crippen LogP contribution in [0, 0.1) is 5.82 Å². The molecule has 0 aliphatic carbocycles. The molecule has 120 valence electrons. The third kappa shape index (κ3) is 3.81. The van der Waals surface area contributed by atoms with Crippen molar-refractivity contribution in [3.8, 4) is 0 Å². The SMILES string of the molecule is O=C(Cc1ccc(Cc2ccc(F)cc2)o1)C(=O)c1ccccn1. The first-order valence-electron chi connectivity index (χ1n) is 7.42. The van der Waals surface area contributed by atoms with E-state index in [1.165, 1.54) is 24.4 Å². The number of halogens is 1. The van der Waals surface area contributed by atoms with Gasteiger partial charge in [-0.3, -0.25) is 14.6 Å². The van der Waals surface area contributed by atoms with Gasteiger partial charge in [-0.25, -0.2) is 4.39 Å². The zero-order valence-corrected chi connectivity index (χ0v) is 12.7. The third-order valence-electron chi connectivity index (χ3n) is 3.49. The van der Waals surface area contributed by atoms with Crippen molar-refractivity contribution < 1.29 is 18.4 Å². The van der Waals surface area contributed by atoms with Gasteiger partial charge in [0.2, 0.25) is 11.6 Å². The molecule has 5 heteroatoms. The Morgan fingerprint density at radius 3 is 2.42 bits per heavy atom. The monoisotopic (exact) mass is 323 g/mol. The second-order valence-corrected chi connectivity index (χ2v) is 5.32. The van der Waals surface area contributed by atoms with E-state index in [1.807, 2.05) is 0 Å². The van der Waals surface area contributed by atoms with Gasteiger partial charge in [-0.1, -0.05) is 18.2 Å². The Balaban J connectivity index is 1.64. The molecule has 24 heavy (non-hydrogen) atoms. The number of carbonyl (C=O) groups is 2. The number of Topliss-reactive ketones (excluding diaryl/α,β-unsaturated/α-hetero) is 2. The van der Waals surface area contributed by atoms with E-state index in [-0.39, 0.29) is 17.9 Å². The average Bonchev–Trinajstić information content (AvgIpc) is 3.04. The average molecular weight is 323 g/mol. The largest absolute Gasteiger partial charge is 0.465 e. The number of pyridine rings is 1. The van der Waals surface area contributed by atoms with E-state index in [4.69, 9.17) is 4.42 Å². The van der Waals surface area contributed by atoms with Gasteiger partial charge in [-0.15, -0.1) is 0 Å². The van der Waals surface area contributed by atoms with Crippen LogP contribution in [0.3, 0.4) is 0 Å². The molecule has 3 aromatic rings. The number of nitrogens with zero attached hydrogens (tertiary/aromatic N) is 1. The molecular weight excluding hydrogens is 309 g/mol. The first-order chi connectivity index (χ1) is 11.6. The maximum Gasteiger partial charge on any atom is 0.247 e. The second kappa shape index (κ2) is 7.00. The number of furan rings is 1. The summed E-state index contributed by atoms with van der Waals surface area (Å²) in [5.74, 6) is -0.433. The Hall–Kier alpha value is -3.08. The first-order valence-corrected chi connectivity index (χ1v) is 7.42. The fourth-order valence-electron chi connectivity index (χ4n) is 2.29. The zero-order chi connectivity index (χ0) is 16.9. The van der Waals surface area contributed by atoms with Crippen molar-refractivity contribution >= 4 is 11.6 Å². The van der Waals surface area contributed by atoms with Gasteiger partial charge in [-0.05, 0) is 42.0 Å². The van der Waals surface area contributed by atoms with E-state index in [9.17, 15) is 14.0 Å². The molecule has 0 N–H and O–H groups in total. The fourth-order valence-corrected chi connectivity index (χ4v) is 2.29. The Kier molecular flexibility index (Phi) is 4.61. The molecule has 0 atom stereocenters. The van der Waals surface area contributed by atoms with Gasteiger partial charge in [0.25, 0.3) is 0 Å².